The van der Waals surface area contributed by atoms with Crippen LogP contribution < -0.4 is 32.2 Å². The standard InChI is InChI=1S/C11H24IN2O2/c1-5-8-11(7-3,16-13-4)12-10-15-14-9-6-2/h6,13-14H,2,5,7-10H2,1,3-4H3/q-1. The van der Waals surface area contributed by atoms with Gasteiger partial charge in [0.25, 0.3) is 0 Å². The maximum absolute atomic E-state index is 5.70. The average molecular weight is 343 g/mol. The van der Waals surface area contributed by atoms with Crippen LogP contribution in [0.1, 0.15) is 33.1 Å². The summed E-state index contributed by atoms with van der Waals surface area (Å²) in [6.07, 6.45) is 5.03. The maximum atomic E-state index is 5.70. The van der Waals surface area contributed by atoms with Crippen molar-refractivity contribution in [2.45, 2.75) is 36.7 Å². The van der Waals surface area contributed by atoms with Crippen molar-refractivity contribution in [3.63, 3.8) is 0 Å². The predicted molar refractivity (Wildman–Crippen MR) is 62.2 cm³/mol. The van der Waals surface area contributed by atoms with Crippen LogP contribution in [0.15, 0.2) is 12.7 Å². The third-order valence-electron chi connectivity index (χ3n) is 2.12. The molecule has 0 aromatic heterocycles. The molecule has 0 amide bonds. The van der Waals surface area contributed by atoms with Crippen molar-refractivity contribution < 1.29 is 30.9 Å². The molecule has 2 N–H and O–H groups in total. The first-order chi connectivity index (χ1) is 7.74. The molecule has 4 nitrogen and oxygen atoms in total. The van der Waals surface area contributed by atoms with E-state index >= 15 is 0 Å². The van der Waals surface area contributed by atoms with Gasteiger partial charge in [-0.3, -0.25) is 0 Å². The minimum atomic E-state index is -0.162. The molecule has 0 saturated heterocycles. The summed E-state index contributed by atoms with van der Waals surface area (Å²) in [5.41, 5.74) is 5.68. The molecule has 0 spiro atoms. The minimum absolute atomic E-state index is 0.00175. The van der Waals surface area contributed by atoms with Gasteiger partial charge in [0.2, 0.25) is 0 Å². The second-order valence-electron chi connectivity index (χ2n) is 3.32. The Kier molecular flexibility index (Phi) is 10.7. The molecule has 0 radical (unpaired) electrons. The number of halogens is 1. The van der Waals surface area contributed by atoms with Gasteiger partial charge in [0.15, 0.2) is 0 Å². The predicted octanol–water partition coefficient (Wildman–Crippen LogP) is -1.20. The second-order valence-corrected chi connectivity index (χ2v) is 6.67. The van der Waals surface area contributed by atoms with Gasteiger partial charge < -0.3 is 0 Å². The monoisotopic (exact) mass is 343 g/mol. The first kappa shape index (κ1) is 16.3. The zero-order valence-corrected chi connectivity index (χ0v) is 12.7. The molecule has 1 unspecified atom stereocenters. The topological polar surface area (TPSA) is 42.5 Å². The third-order valence-corrected chi connectivity index (χ3v) is 5.65. The number of rotatable bonds is 11. The number of nitrogens with one attached hydrogen (secondary N) is 2. The van der Waals surface area contributed by atoms with E-state index in [1.165, 1.54) is 0 Å². The van der Waals surface area contributed by atoms with Crippen molar-refractivity contribution >= 4 is 0 Å². The first-order valence-corrected chi connectivity index (χ1v) is 8.25. The van der Waals surface area contributed by atoms with Gasteiger partial charge in [0.05, 0.1) is 0 Å². The molecule has 0 bridgehead atoms. The fraction of sp³-hybridized carbons (Fsp3) is 0.818. The van der Waals surface area contributed by atoms with Crippen LogP contribution in [0.2, 0.25) is 0 Å². The molecule has 0 heterocycles. The molecule has 0 saturated carbocycles. The van der Waals surface area contributed by atoms with Crippen LogP contribution in [0.4, 0.5) is 0 Å². The number of hydrogen-bond acceptors (Lipinski definition) is 4. The molecule has 1 atom stereocenters. The summed E-state index contributed by atoms with van der Waals surface area (Å²) in [6, 6.07) is 0. The van der Waals surface area contributed by atoms with Gasteiger partial charge in [0, 0.05) is 0 Å². The quantitative estimate of drug-likeness (QED) is 0.163. The summed E-state index contributed by atoms with van der Waals surface area (Å²) in [5, 5.41) is 0. The average Bonchev–Trinajstić information content (AvgIpc) is 2.29. The molecule has 0 fully saturated rings. The SMILES string of the molecule is C=CCNOC[I-]C(CC)(CCC)ONC. The molecule has 0 aliphatic carbocycles. The number of hydroxylamine groups is 2. The van der Waals surface area contributed by atoms with E-state index in [1.807, 2.05) is 7.05 Å². The summed E-state index contributed by atoms with van der Waals surface area (Å²) < 4.78 is 0.750. The van der Waals surface area contributed by atoms with Gasteiger partial charge in [-0.2, -0.15) is 0 Å². The van der Waals surface area contributed by atoms with Gasteiger partial charge in [-0.15, -0.1) is 0 Å². The van der Waals surface area contributed by atoms with Crippen LogP contribution in [0.5, 0.6) is 0 Å². The van der Waals surface area contributed by atoms with Crippen molar-refractivity contribution in [3.8, 4) is 0 Å². The number of alkyl halides is 2. The molecule has 0 aromatic rings. The molecule has 0 aliphatic rings. The Hall–Kier alpha value is 0.310. The van der Waals surface area contributed by atoms with Crippen molar-refractivity contribution in [3.05, 3.63) is 12.7 Å². The fourth-order valence-electron chi connectivity index (χ4n) is 1.33. The Morgan fingerprint density at radius 3 is 2.69 bits per heavy atom. The molecule has 0 aliphatic heterocycles. The summed E-state index contributed by atoms with van der Waals surface area (Å²) in [5.74, 6) is 0. The van der Waals surface area contributed by atoms with Gasteiger partial charge >= 0.3 is 109 Å². The van der Waals surface area contributed by atoms with E-state index < -0.39 is 0 Å². The second kappa shape index (κ2) is 10.5. The zero-order chi connectivity index (χ0) is 12.3. The Morgan fingerprint density at radius 1 is 1.44 bits per heavy atom. The molecule has 98 valence electrons. The Morgan fingerprint density at radius 2 is 2.19 bits per heavy atom. The Bertz CT molecular complexity index is 173. The molecular formula is C11H24IN2O2-. The summed E-state index contributed by atoms with van der Waals surface area (Å²) in [7, 11) is 1.82. The van der Waals surface area contributed by atoms with Crippen molar-refractivity contribution in [1.29, 1.82) is 0 Å². The Balaban J connectivity index is 3.93. The fourth-order valence-corrected chi connectivity index (χ4v) is 4.11. The van der Waals surface area contributed by atoms with E-state index in [2.05, 4.69) is 31.4 Å². The van der Waals surface area contributed by atoms with Crippen molar-refractivity contribution in [2.24, 2.45) is 0 Å². The van der Waals surface area contributed by atoms with Crippen molar-refractivity contribution in [2.75, 3.05) is 18.2 Å². The first-order valence-electron chi connectivity index (χ1n) is 5.65. The van der Waals surface area contributed by atoms with Gasteiger partial charge in [-0.05, 0) is 0 Å². The third kappa shape index (κ3) is 6.80. The van der Waals surface area contributed by atoms with E-state index in [4.69, 9.17) is 9.68 Å². The number of hydrogen-bond donors (Lipinski definition) is 2. The van der Waals surface area contributed by atoms with E-state index in [0.717, 1.165) is 23.9 Å². The van der Waals surface area contributed by atoms with E-state index in [9.17, 15) is 0 Å². The van der Waals surface area contributed by atoms with E-state index in [1.54, 1.807) is 6.08 Å². The molecule has 16 heavy (non-hydrogen) atoms. The normalized spacial score (nSPS) is 14.9. The van der Waals surface area contributed by atoms with Crippen LogP contribution >= 0.6 is 0 Å². The van der Waals surface area contributed by atoms with Crippen LogP contribution in [0.25, 0.3) is 0 Å². The van der Waals surface area contributed by atoms with Crippen LogP contribution in [-0.4, -0.2) is 21.8 Å². The van der Waals surface area contributed by atoms with E-state index in [0.29, 0.717) is 6.54 Å². The molecule has 5 heteroatoms. The van der Waals surface area contributed by atoms with Crippen LogP contribution in [0, 0.1) is 0 Å². The Labute approximate surface area is 109 Å². The summed E-state index contributed by atoms with van der Waals surface area (Å²) in [4.78, 5) is 11.0. The summed E-state index contributed by atoms with van der Waals surface area (Å²) >= 11 is -0.162. The molecule has 0 rings (SSSR count). The molecular weight excluding hydrogens is 319 g/mol. The van der Waals surface area contributed by atoms with Gasteiger partial charge in [0.1, 0.15) is 0 Å². The zero-order valence-electron chi connectivity index (χ0n) is 10.5. The summed E-state index contributed by atoms with van der Waals surface area (Å²) in [6.45, 7) is 8.65. The van der Waals surface area contributed by atoms with E-state index in [-0.39, 0.29) is 24.8 Å². The van der Waals surface area contributed by atoms with Crippen molar-refractivity contribution in [1.82, 2.24) is 11.0 Å². The molecule has 0 aromatic carbocycles. The van der Waals surface area contributed by atoms with Gasteiger partial charge in [-0.25, -0.2) is 0 Å². The van der Waals surface area contributed by atoms with Crippen LogP contribution in [-0.2, 0) is 9.68 Å². The van der Waals surface area contributed by atoms with Crippen LogP contribution in [0.3, 0.4) is 0 Å². The van der Waals surface area contributed by atoms with Gasteiger partial charge in [-0.1, -0.05) is 0 Å².